The third-order valence-corrected chi connectivity index (χ3v) is 12.6. The lowest BCUT2D eigenvalue weighted by molar-refractivity contribution is 0.0406. The number of aliphatic hydroxyl groups excluding tert-OH is 2. The van der Waals surface area contributed by atoms with E-state index in [-0.39, 0.29) is 67.5 Å². The van der Waals surface area contributed by atoms with Crippen molar-refractivity contribution < 1.29 is 38.5 Å². The summed E-state index contributed by atoms with van der Waals surface area (Å²) in [6, 6.07) is 20.6. The minimum absolute atomic E-state index is 0.0400. The summed E-state index contributed by atoms with van der Waals surface area (Å²) in [6.07, 6.45) is 1.38. The van der Waals surface area contributed by atoms with Crippen LogP contribution >= 0.6 is 46.6 Å². The minimum Gasteiger partial charge on any atom is -0.507 e. The first-order valence-electron chi connectivity index (χ1n) is 20.7. The quantitative estimate of drug-likeness (QED) is 0.0494. The molecule has 0 spiro atoms. The number of carbonyl (C=O) groups is 2. The molecule has 0 bridgehead atoms. The number of rotatable bonds is 20. The molecule has 2 aromatic heterocycles. The summed E-state index contributed by atoms with van der Waals surface area (Å²) in [5, 5.41) is 31.0. The van der Waals surface area contributed by atoms with Gasteiger partial charge in [-0.3, -0.25) is 9.59 Å². The second-order valence-electron chi connectivity index (χ2n) is 16.4. The van der Waals surface area contributed by atoms with Gasteiger partial charge in [0.25, 0.3) is 0 Å². The second-order valence-corrected chi connectivity index (χ2v) is 18.8. The zero-order chi connectivity index (χ0) is 45.6. The van der Waals surface area contributed by atoms with E-state index in [1.807, 2.05) is 45.9 Å². The molecule has 3 N–H and O–H groups in total. The van der Waals surface area contributed by atoms with E-state index in [4.69, 9.17) is 58.3 Å². The smallest absolute Gasteiger partial charge is 0.230 e. The van der Waals surface area contributed by atoms with Crippen LogP contribution in [0.15, 0.2) is 86.5 Å². The van der Waals surface area contributed by atoms with E-state index in [1.54, 1.807) is 74.1 Å². The number of oxazole rings is 2. The predicted octanol–water partition coefficient (Wildman–Crippen LogP) is 12.4. The van der Waals surface area contributed by atoms with Crippen LogP contribution in [-0.2, 0) is 12.8 Å². The highest BCUT2D eigenvalue weighted by molar-refractivity contribution is 7.99. The van der Waals surface area contributed by atoms with Crippen LogP contribution in [0.5, 0.6) is 11.5 Å². The molecule has 0 radical (unpaired) electrons. The summed E-state index contributed by atoms with van der Waals surface area (Å²) in [5.74, 6) is 2.07. The SMILES string of the molecule is Cc1cc(C(=O)CCc2nc(-c3ccc(Cl)cc3O)oc2C(C)CC(C)c2oc(-c3ccc(Cl)cc3Cl)nc2CCC(=O)c2ccc(SCCO)c(C)c2)ccc1OC(C)(C)CO. The van der Waals surface area contributed by atoms with Crippen LogP contribution in [0.1, 0.15) is 114 Å². The van der Waals surface area contributed by atoms with Crippen LogP contribution in [0.3, 0.4) is 0 Å². The number of thioether (sulfide) groups is 1. The highest BCUT2D eigenvalue weighted by atomic mass is 35.5. The number of aliphatic hydroxyl groups is 2. The van der Waals surface area contributed by atoms with E-state index in [9.17, 15) is 24.9 Å². The summed E-state index contributed by atoms with van der Waals surface area (Å²) in [6.45, 7) is 11.3. The average Bonchev–Trinajstić information content (AvgIpc) is 3.87. The molecule has 0 aliphatic heterocycles. The maximum absolute atomic E-state index is 13.6. The molecule has 63 heavy (non-hydrogen) atoms. The van der Waals surface area contributed by atoms with E-state index in [1.165, 1.54) is 6.07 Å². The zero-order valence-corrected chi connectivity index (χ0v) is 39.1. The fourth-order valence-electron chi connectivity index (χ4n) is 7.34. The number of nitrogens with zero attached hydrogens (tertiary/aromatic N) is 2. The molecule has 2 heterocycles. The van der Waals surface area contributed by atoms with Gasteiger partial charge in [0.1, 0.15) is 28.6 Å². The van der Waals surface area contributed by atoms with Gasteiger partial charge >= 0.3 is 0 Å². The number of ether oxygens (including phenoxy) is 1. The van der Waals surface area contributed by atoms with Gasteiger partial charge in [0, 0.05) is 69.3 Å². The molecule has 0 aliphatic carbocycles. The van der Waals surface area contributed by atoms with E-state index >= 15 is 0 Å². The Balaban J connectivity index is 1.27. The van der Waals surface area contributed by atoms with Gasteiger partial charge in [-0.25, -0.2) is 9.97 Å². The van der Waals surface area contributed by atoms with Crippen LogP contribution in [0, 0.1) is 13.8 Å². The molecule has 2 unspecified atom stereocenters. The number of halogens is 3. The van der Waals surface area contributed by atoms with E-state index in [0.29, 0.717) is 90.5 Å². The first kappa shape index (κ1) is 47.8. The highest BCUT2D eigenvalue weighted by Crippen LogP contribution is 2.40. The fraction of sp³-hybridized carbons (Fsp3) is 0.347. The molecule has 0 fully saturated rings. The Hall–Kier alpha value is -4.62. The number of aryl methyl sites for hydroxylation is 4. The Morgan fingerprint density at radius 1 is 0.746 bits per heavy atom. The summed E-state index contributed by atoms with van der Waals surface area (Å²) >= 11 is 20.5. The summed E-state index contributed by atoms with van der Waals surface area (Å²) in [5.41, 5.74) is 4.18. The number of benzene rings is 4. The van der Waals surface area contributed by atoms with Crippen LogP contribution in [0.2, 0.25) is 15.1 Å². The van der Waals surface area contributed by atoms with Crippen LogP contribution in [0.25, 0.3) is 22.9 Å². The summed E-state index contributed by atoms with van der Waals surface area (Å²) < 4.78 is 18.9. The van der Waals surface area contributed by atoms with Gasteiger partial charge < -0.3 is 28.9 Å². The van der Waals surface area contributed by atoms with Gasteiger partial charge in [-0.05, 0) is 112 Å². The third-order valence-electron chi connectivity index (χ3n) is 10.7. The van der Waals surface area contributed by atoms with Crippen molar-refractivity contribution in [1.82, 2.24) is 9.97 Å². The zero-order valence-electron chi connectivity index (χ0n) is 36.1. The largest absolute Gasteiger partial charge is 0.507 e. The molecule has 6 aromatic rings. The molecule has 0 saturated carbocycles. The maximum Gasteiger partial charge on any atom is 0.230 e. The Labute approximate surface area is 387 Å². The average molecular weight is 934 g/mol. The van der Waals surface area contributed by atoms with Crippen molar-refractivity contribution >= 4 is 58.1 Å². The van der Waals surface area contributed by atoms with Gasteiger partial charge in [-0.15, -0.1) is 11.8 Å². The highest BCUT2D eigenvalue weighted by Gasteiger charge is 2.28. The molecular weight excluding hydrogens is 883 g/mol. The number of hydrogen-bond donors (Lipinski definition) is 3. The molecule has 4 aromatic carbocycles. The molecule has 10 nitrogen and oxygen atoms in total. The fourth-order valence-corrected chi connectivity index (χ4v) is 8.76. The van der Waals surface area contributed by atoms with E-state index < -0.39 is 5.60 Å². The molecule has 0 amide bonds. The monoisotopic (exact) mass is 932 g/mol. The number of phenolic OH excluding ortho intramolecular Hbond substituents is 1. The second kappa shape index (κ2) is 20.9. The predicted molar refractivity (Wildman–Crippen MR) is 249 cm³/mol. The third kappa shape index (κ3) is 11.9. The van der Waals surface area contributed by atoms with Crippen molar-refractivity contribution in [2.75, 3.05) is 19.0 Å². The van der Waals surface area contributed by atoms with Crippen LogP contribution < -0.4 is 4.74 Å². The van der Waals surface area contributed by atoms with Gasteiger partial charge in [-0.2, -0.15) is 0 Å². The molecule has 14 heteroatoms. The normalized spacial score (nSPS) is 12.7. The van der Waals surface area contributed by atoms with E-state index in [2.05, 4.69) is 0 Å². The molecule has 0 saturated heterocycles. The Morgan fingerprint density at radius 2 is 1.29 bits per heavy atom. The lowest BCUT2D eigenvalue weighted by Crippen LogP contribution is -2.32. The van der Waals surface area contributed by atoms with Crippen molar-refractivity contribution in [2.24, 2.45) is 0 Å². The first-order valence-corrected chi connectivity index (χ1v) is 22.8. The van der Waals surface area contributed by atoms with Gasteiger partial charge in [0.15, 0.2) is 11.6 Å². The lowest BCUT2D eigenvalue weighted by atomic mass is 9.90. The Kier molecular flexibility index (Phi) is 15.9. The molecular formula is C49H51Cl3N2O8S. The van der Waals surface area contributed by atoms with E-state index in [0.717, 1.165) is 16.0 Å². The van der Waals surface area contributed by atoms with Crippen molar-refractivity contribution in [3.63, 3.8) is 0 Å². The Bertz CT molecular complexity index is 2600. The standard InChI is InChI=1S/C49H51Cl3N2O8S/c1-27-22-31(7-17-43(27)62-49(5,6)26-56)40(57)15-14-39-46(61-48(54-39)36-12-10-34(51)25-42(36)59)30(4)21-29(3)45-38(53-47(60-45)35-11-9-33(50)24-37(35)52)13-16-41(58)32-8-18-44(28(2)23-32)63-20-19-55/h7-12,17-18,22-25,29-30,55-56,59H,13-16,19-21,26H2,1-6H3. The van der Waals surface area contributed by atoms with Crippen molar-refractivity contribution in [3.05, 3.63) is 133 Å². The van der Waals surface area contributed by atoms with Gasteiger partial charge in [-0.1, -0.05) is 54.7 Å². The topological polar surface area (TPSA) is 156 Å². The van der Waals surface area contributed by atoms with Crippen LogP contribution in [0.4, 0.5) is 0 Å². The summed E-state index contributed by atoms with van der Waals surface area (Å²) in [7, 11) is 0. The molecule has 332 valence electrons. The molecule has 0 aliphatic rings. The minimum atomic E-state index is -0.779. The summed E-state index contributed by atoms with van der Waals surface area (Å²) in [4.78, 5) is 37.9. The molecule has 2 atom stereocenters. The first-order chi connectivity index (χ1) is 30.0. The molecule has 6 rings (SSSR count). The van der Waals surface area contributed by atoms with Crippen LogP contribution in [-0.4, -0.2) is 61.4 Å². The van der Waals surface area contributed by atoms with Crippen molar-refractivity contribution in [1.29, 1.82) is 0 Å². The maximum atomic E-state index is 13.6. The van der Waals surface area contributed by atoms with Crippen molar-refractivity contribution in [3.8, 4) is 34.4 Å². The number of Topliss-reactive ketones (excluding diaryl/α,β-unsaturated/α-hetero) is 2. The number of ketones is 2. The number of aromatic nitrogens is 2. The number of phenols is 1. The lowest BCUT2D eigenvalue weighted by Gasteiger charge is -2.25. The van der Waals surface area contributed by atoms with Gasteiger partial charge in [0.2, 0.25) is 11.8 Å². The Morgan fingerprint density at radius 3 is 1.81 bits per heavy atom. The van der Waals surface area contributed by atoms with Crippen molar-refractivity contribution in [2.45, 2.75) is 96.0 Å². The number of carbonyl (C=O) groups excluding carboxylic acids is 2. The van der Waals surface area contributed by atoms with Gasteiger partial charge in [0.05, 0.1) is 40.8 Å². The number of aromatic hydroxyl groups is 1. The number of hydrogen-bond acceptors (Lipinski definition) is 11.